The summed E-state index contributed by atoms with van der Waals surface area (Å²) in [5.74, 6) is -0.667. The van der Waals surface area contributed by atoms with Gasteiger partial charge in [-0.3, -0.25) is 0 Å². The van der Waals surface area contributed by atoms with E-state index in [9.17, 15) is 36.9 Å². The van der Waals surface area contributed by atoms with E-state index in [-0.39, 0.29) is 11.8 Å². The standard InChI is InChI=1S/C29H25F6N5/c1-16-24(39(4)5)26(14-36,15-37)40-27(16,18-10-12-20(13-11-18)29(33,34)35)23-21(25(23,2)3)22(38-40)17-6-8-19(9-7-17)28(30,31)32/h6-13,21,23H,1-5H3/t21-,23+,27-/m1/s1. The molecule has 1 saturated carbocycles. The van der Waals surface area contributed by atoms with Crippen LogP contribution >= 0.6 is 0 Å². The van der Waals surface area contributed by atoms with Crippen LogP contribution in [-0.4, -0.2) is 35.3 Å². The van der Waals surface area contributed by atoms with Crippen molar-refractivity contribution >= 4 is 5.71 Å². The van der Waals surface area contributed by atoms with Crippen molar-refractivity contribution in [1.82, 2.24) is 9.91 Å². The highest BCUT2D eigenvalue weighted by atomic mass is 19.4. The number of benzene rings is 2. The normalized spacial score (nSPS) is 26.3. The molecule has 3 aliphatic rings. The van der Waals surface area contributed by atoms with E-state index in [1.54, 1.807) is 25.9 Å². The summed E-state index contributed by atoms with van der Waals surface area (Å²) < 4.78 is 80.1. The van der Waals surface area contributed by atoms with Crippen LogP contribution in [0.15, 0.2) is 64.9 Å². The van der Waals surface area contributed by atoms with E-state index in [0.29, 0.717) is 28.1 Å². The molecule has 3 atom stereocenters. The molecule has 0 saturated heterocycles. The third-order valence-electron chi connectivity index (χ3n) is 8.63. The van der Waals surface area contributed by atoms with Crippen LogP contribution in [-0.2, 0) is 17.9 Å². The molecule has 0 N–H and O–H groups in total. The Hall–Kier alpha value is -3.99. The quantitative estimate of drug-likeness (QED) is 0.402. The Bertz CT molecular complexity index is 1500. The SMILES string of the molecule is CC1=C(N(C)C)C(C#N)(C#N)N2N=C(c3ccc(C(F)(F)F)cc3)[C@@H]3[C@@H](C3(C)C)[C@]12c1ccc(C(F)(F)F)cc1. The third kappa shape index (κ3) is 3.43. The Kier molecular flexibility index (Phi) is 5.70. The van der Waals surface area contributed by atoms with Crippen molar-refractivity contribution in [2.75, 3.05) is 14.1 Å². The van der Waals surface area contributed by atoms with Gasteiger partial charge in [0.1, 0.15) is 17.7 Å². The molecule has 0 radical (unpaired) electrons. The van der Waals surface area contributed by atoms with Crippen LogP contribution in [0.5, 0.6) is 0 Å². The lowest BCUT2D eigenvalue weighted by Gasteiger charge is -2.45. The second-order valence-electron chi connectivity index (χ2n) is 11.3. The second kappa shape index (κ2) is 8.26. The molecule has 2 heterocycles. The lowest BCUT2D eigenvalue weighted by Crippen LogP contribution is -2.55. The maximum Gasteiger partial charge on any atom is 0.416 e. The highest BCUT2D eigenvalue weighted by Crippen LogP contribution is 2.74. The molecule has 0 aromatic heterocycles. The Morgan fingerprint density at radius 1 is 0.850 bits per heavy atom. The van der Waals surface area contributed by atoms with Gasteiger partial charge in [-0.05, 0) is 53.3 Å². The van der Waals surface area contributed by atoms with Gasteiger partial charge in [0.2, 0.25) is 0 Å². The molecule has 1 fully saturated rings. The molecule has 40 heavy (non-hydrogen) atoms. The van der Waals surface area contributed by atoms with Gasteiger partial charge in [-0.2, -0.15) is 42.0 Å². The molecule has 0 unspecified atom stereocenters. The minimum absolute atomic E-state index is 0.311. The fourth-order valence-corrected chi connectivity index (χ4v) is 6.98. The van der Waals surface area contributed by atoms with Gasteiger partial charge in [0, 0.05) is 25.9 Å². The van der Waals surface area contributed by atoms with Gasteiger partial charge < -0.3 is 4.90 Å². The average molecular weight is 558 g/mol. The van der Waals surface area contributed by atoms with Gasteiger partial charge in [0.15, 0.2) is 0 Å². The summed E-state index contributed by atoms with van der Waals surface area (Å²) in [6.07, 6.45) is -9.09. The van der Waals surface area contributed by atoms with Crippen LogP contribution in [0.25, 0.3) is 0 Å². The Balaban J connectivity index is 1.81. The first-order valence-corrected chi connectivity index (χ1v) is 12.5. The summed E-state index contributed by atoms with van der Waals surface area (Å²) >= 11 is 0. The van der Waals surface area contributed by atoms with Crippen LogP contribution < -0.4 is 0 Å². The van der Waals surface area contributed by atoms with Gasteiger partial charge in [-0.15, -0.1) is 0 Å². The fraction of sp³-hybridized carbons (Fsp3) is 0.414. The van der Waals surface area contributed by atoms with Crippen molar-refractivity contribution in [3.8, 4) is 12.1 Å². The summed E-state index contributed by atoms with van der Waals surface area (Å²) in [4.78, 5) is 1.64. The average Bonchev–Trinajstić information content (AvgIpc) is 3.38. The fourth-order valence-electron chi connectivity index (χ4n) is 6.98. The van der Waals surface area contributed by atoms with Gasteiger partial charge >= 0.3 is 12.4 Å². The van der Waals surface area contributed by atoms with Crippen molar-refractivity contribution in [1.29, 1.82) is 10.5 Å². The molecular formula is C29H25F6N5. The molecule has 2 aromatic carbocycles. The molecule has 1 aliphatic carbocycles. The van der Waals surface area contributed by atoms with Gasteiger partial charge in [0.05, 0.1) is 22.5 Å². The second-order valence-corrected chi connectivity index (χ2v) is 11.3. The Labute approximate surface area is 227 Å². The number of alkyl halides is 6. The number of nitriles is 2. The van der Waals surface area contributed by atoms with E-state index in [4.69, 9.17) is 5.10 Å². The minimum Gasteiger partial charge on any atom is -0.377 e. The lowest BCUT2D eigenvalue weighted by atomic mass is 9.76. The first kappa shape index (κ1) is 27.6. The van der Waals surface area contributed by atoms with E-state index in [2.05, 4.69) is 12.1 Å². The number of halogens is 6. The van der Waals surface area contributed by atoms with Crippen LogP contribution in [0.1, 0.15) is 43.0 Å². The molecule has 5 rings (SSSR count). The highest BCUT2D eigenvalue weighted by Gasteiger charge is 2.78. The number of nitrogens with zero attached hydrogens (tertiary/aromatic N) is 5. The summed E-state index contributed by atoms with van der Waals surface area (Å²) in [6, 6.07) is 13.5. The number of hydrogen-bond acceptors (Lipinski definition) is 5. The monoisotopic (exact) mass is 557 g/mol. The van der Waals surface area contributed by atoms with E-state index >= 15 is 0 Å². The summed E-state index contributed by atoms with van der Waals surface area (Å²) in [7, 11) is 3.36. The van der Waals surface area contributed by atoms with Crippen LogP contribution in [0.3, 0.4) is 0 Å². The molecule has 0 amide bonds. The van der Waals surface area contributed by atoms with Crippen molar-refractivity contribution < 1.29 is 26.3 Å². The smallest absolute Gasteiger partial charge is 0.377 e. The van der Waals surface area contributed by atoms with Crippen molar-refractivity contribution in [2.24, 2.45) is 22.4 Å². The zero-order chi connectivity index (χ0) is 29.6. The third-order valence-corrected chi connectivity index (χ3v) is 8.63. The molecule has 0 spiro atoms. The zero-order valence-corrected chi connectivity index (χ0v) is 22.3. The highest BCUT2D eigenvalue weighted by molar-refractivity contribution is 6.06. The molecule has 2 aliphatic heterocycles. The largest absolute Gasteiger partial charge is 0.416 e. The van der Waals surface area contributed by atoms with Crippen molar-refractivity contribution in [3.05, 3.63) is 82.1 Å². The van der Waals surface area contributed by atoms with E-state index in [1.807, 2.05) is 13.8 Å². The minimum atomic E-state index is -4.56. The van der Waals surface area contributed by atoms with Gasteiger partial charge in [-0.1, -0.05) is 38.1 Å². The van der Waals surface area contributed by atoms with E-state index < -0.39 is 40.0 Å². The van der Waals surface area contributed by atoms with Crippen LogP contribution in [0.4, 0.5) is 26.3 Å². The number of hydrazone groups is 1. The first-order chi connectivity index (χ1) is 18.5. The molecule has 5 nitrogen and oxygen atoms in total. The van der Waals surface area contributed by atoms with E-state index in [1.165, 1.54) is 29.3 Å². The van der Waals surface area contributed by atoms with Crippen molar-refractivity contribution in [2.45, 2.75) is 44.2 Å². The predicted octanol–water partition coefficient (Wildman–Crippen LogP) is 6.55. The molecule has 208 valence electrons. The first-order valence-electron chi connectivity index (χ1n) is 12.5. The summed E-state index contributed by atoms with van der Waals surface area (Å²) in [5.41, 5.74) is -3.14. The number of hydrogen-bond donors (Lipinski definition) is 0. The summed E-state index contributed by atoms with van der Waals surface area (Å²) in [6.45, 7) is 5.68. The Morgan fingerprint density at radius 2 is 1.32 bits per heavy atom. The zero-order valence-electron chi connectivity index (χ0n) is 22.3. The number of rotatable bonds is 3. The molecule has 0 bridgehead atoms. The predicted molar refractivity (Wildman–Crippen MR) is 134 cm³/mol. The van der Waals surface area contributed by atoms with E-state index in [0.717, 1.165) is 24.3 Å². The maximum atomic E-state index is 13.4. The molecule has 11 heteroatoms. The Morgan fingerprint density at radius 3 is 1.75 bits per heavy atom. The van der Waals surface area contributed by atoms with Crippen LogP contribution in [0, 0.1) is 39.9 Å². The molecular weight excluding hydrogens is 532 g/mol. The topological polar surface area (TPSA) is 66.4 Å². The lowest BCUT2D eigenvalue weighted by molar-refractivity contribution is -0.138. The van der Waals surface area contributed by atoms with Gasteiger partial charge in [-0.25, -0.2) is 5.01 Å². The number of likely N-dealkylation sites (N-methyl/N-ethyl adjacent to an activating group) is 1. The van der Waals surface area contributed by atoms with Crippen LogP contribution in [0.2, 0.25) is 0 Å². The molecule has 2 aromatic rings. The summed E-state index contributed by atoms with van der Waals surface area (Å²) in [5, 5.41) is 27.2. The van der Waals surface area contributed by atoms with Crippen molar-refractivity contribution in [3.63, 3.8) is 0 Å². The maximum absolute atomic E-state index is 13.4. The van der Waals surface area contributed by atoms with Gasteiger partial charge in [0.25, 0.3) is 5.54 Å². The number of fused-ring (bicyclic) bond motifs is 3.